The van der Waals surface area contributed by atoms with Crippen LogP contribution in [0.3, 0.4) is 0 Å². The highest BCUT2D eigenvalue weighted by Gasteiger charge is 2.35. The van der Waals surface area contributed by atoms with E-state index in [1.807, 2.05) is 13.1 Å². The number of ether oxygens (including phenoxy) is 1. The third-order valence-electron chi connectivity index (χ3n) is 3.23. The molecule has 0 bridgehead atoms. The summed E-state index contributed by atoms with van der Waals surface area (Å²) in [5.41, 5.74) is 0.800. The highest BCUT2D eigenvalue weighted by molar-refractivity contribution is 5.36. The molecule has 1 unspecified atom stereocenters. The van der Waals surface area contributed by atoms with Gasteiger partial charge in [-0.05, 0) is 26.2 Å². The molecule has 0 aromatic carbocycles. The summed E-state index contributed by atoms with van der Waals surface area (Å²) in [6.45, 7) is 5.06. The van der Waals surface area contributed by atoms with E-state index in [0.29, 0.717) is 0 Å². The molecule has 0 amide bonds. The van der Waals surface area contributed by atoms with Crippen molar-refractivity contribution in [1.29, 1.82) is 0 Å². The van der Waals surface area contributed by atoms with Crippen LogP contribution in [-0.4, -0.2) is 23.6 Å². The van der Waals surface area contributed by atoms with Crippen LogP contribution in [0.2, 0.25) is 0 Å². The summed E-state index contributed by atoms with van der Waals surface area (Å²) in [7, 11) is 1.89. The smallest absolute Gasteiger partial charge is 0.162 e. The molecule has 1 fully saturated rings. The topological polar surface area (TPSA) is 47.0 Å². The Morgan fingerprint density at radius 1 is 1.47 bits per heavy atom. The van der Waals surface area contributed by atoms with Crippen LogP contribution in [0.25, 0.3) is 0 Å². The van der Waals surface area contributed by atoms with Crippen molar-refractivity contribution < 1.29 is 4.74 Å². The van der Waals surface area contributed by atoms with E-state index >= 15 is 0 Å². The Kier molecular flexibility index (Phi) is 3.62. The van der Waals surface area contributed by atoms with E-state index in [1.54, 1.807) is 0 Å². The molecule has 0 spiro atoms. The Morgan fingerprint density at radius 3 is 2.88 bits per heavy atom. The predicted molar refractivity (Wildman–Crippen MR) is 68.1 cm³/mol. The molecule has 0 radical (unpaired) electrons. The molecule has 1 atom stereocenters. The van der Waals surface area contributed by atoms with Crippen LogP contribution in [0.15, 0.2) is 6.07 Å². The second-order valence-corrected chi connectivity index (χ2v) is 4.75. The van der Waals surface area contributed by atoms with E-state index in [-0.39, 0.29) is 5.60 Å². The zero-order chi connectivity index (χ0) is 12.3. The molecular weight excluding hydrogens is 214 g/mol. The van der Waals surface area contributed by atoms with Gasteiger partial charge in [0.25, 0.3) is 0 Å². The van der Waals surface area contributed by atoms with Crippen molar-refractivity contribution in [2.75, 3.05) is 19.0 Å². The zero-order valence-electron chi connectivity index (χ0n) is 10.9. The van der Waals surface area contributed by atoms with Gasteiger partial charge in [-0.25, -0.2) is 9.97 Å². The second kappa shape index (κ2) is 5.00. The molecule has 94 valence electrons. The molecule has 1 aliphatic rings. The quantitative estimate of drug-likeness (QED) is 0.871. The number of rotatable bonds is 4. The van der Waals surface area contributed by atoms with Crippen molar-refractivity contribution >= 4 is 5.82 Å². The van der Waals surface area contributed by atoms with E-state index in [0.717, 1.165) is 49.6 Å². The fourth-order valence-corrected chi connectivity index (χ4v) is 2.20. The number of anilines is 1. The van der Waals surface area contributed by atoms with Crippen LogP contribution in [-0.2, 0) is 16.8 Å². The molecule has 4 heteroatoms. The SMILES string of the molecule is CCCc1cc(NC)nc(C2(C)CCCO2)n1. The third-order valence-corrected chi connectivity index (χ3v) is 3.23. The summed E-state index contributed by atoms with van der Waals surface area (Å²) in [4.78, 5) is 9.19. The third kappa shape index (κ3) is 2.57. The summed E-state index contributed by atoms with van der Waals surface area (Å²) in [6.07, 6.45) is 4.18. The molecule has 1 N–H and O–H groups in total. The average molecular weight is 235 g/mol. The van der Waals surface area contributed by atoms with E-state index in [9.17, 15) is 0 Å². The van der Waals surface area contributed by atoms with Crippen molar-refractivity contribution in [3.05, 3.63) is 17.6 Å². The summed E-state index contributed by atoms with van der Waals surface area (Å²) < 4.78 is 5.81. The standard InChI is InChI=1S/C13H21N3O/c1-4-6-10-9-11(14-3)16-12(15-10)13(2)7-5-8-17-13/h9H,4-8H2,1-3H3,(H,14,15,16). The maximum Gasteiger partial charge on any atom is 0.162 e. The minimum Gasteiger partial charge on any atom is -0.373 e. The number of aromatic nitrogens is 2. The predicted octanol–water partition coefficient (Wildman–Crippen LogP) is 2.50. The second-order valence-electron chi connectivity index (χ2n) is 4.75. The first-order chi connectivity index (χ1) is 8.18. The van der Waals surface area contributed by atoms with E-state index in [1.165, 1.54) is 0 Å². The molecule has 1 aromatic rings. The number of hydrogen-bond donors (Lipinski definition) is 1. The zero-order valence-corrected chi connectivity index (χ0v) is 10.9. The van der Waals surface area contributed by atoms with Crippen LogP contribution in [0.5, 0.6) is 0 Å². The number of aryl methyl sites for hydroxylation is 1. The first-order valence-electron chi connectivity index (χ1n) is 6.38. The molecule has 0 aliphatic carbocycles. The van der Waals surface area contributed by atoms with Crippen molar-refractivity contribution in [2.45, 2.75) is 45.1 Å². The molecule has 1 saturated heterocycles. The minimum atomic E-state index is -0.296. The fourth-order valence-electron chi connectivity index (χ4n) is 2.20. The molecule has 17 heavy (non-hydrogen) atoms. The fraction of sp³-hybridized carbons (Fsp3) is 0.692. The monoisotopic (exact) mass is 235 g/mol. The van der Waals surface area contributed by atoms with Gasteiger partial charge in [0, 0.05) is 25.4 Å². The Morgan fingerprint density at radius 2 is 2.29 bits per heavy atom. The van der Waals surface area contributed by atoms with Crippen LogP contribution < -0.4 is 5.32 Å². The van der Waals surface area contributed by atoms with Crippen LogP contribution in [0, 0.1) is 0 Å². The van der Waals surface area contributed by atoms with Crippen LogP contribution in [0.4, 0.5) is 5.82 Å². The van der Waals surface area contributed by atoms with Gasteiger partial charge in [-0.15, -0.1) is 0 Å². The van der Waals surface area contributed by atoms with Crippen LogP contribution in [0.1, 0.15) is 44.6 Å². The van der Waals surface area contributed by atoms with E-state index < -0.39 is 0 Å². The van der Waals surface area contributed by atoms with E-state index in [2.05, 4.69) is 29.1 Å². The summed E-state index contributed by atoms with van der Waals surface area (Å²) in [5, 5.41) is 3.10. The van der Waals surface area contributed by atoms with Crippen LogP contribution >= 0.6 is 0 Å². The Bertz CT molecular complexity index is 386. The number of hydrogen-bond acceptors (Lipinski definition) is 4. The molecule has 0 saturated carbocycles. The lowest BCUT2D eigenvalue weighted by Gasteiger charge is -2.22. The largest absolute Gasteiger partial charge is 0.373 e. The highest BCUT2D eigenvalue weighted by atomic mass is 16.5. The molecule has 1 aromatic heterocycles. The Labute approximate surface area is 103 Å². The Balaban J connectivity index is 2.35. The lowest BCUT2D eigenvalue weighted by atomic mass is 10.0. The first-order valence-corrected chi connectivity index (χ1v) is 6.38. The minimum absolute atomic E-state index is 0.296. The number of nitrogens with one attached hydrogen (secondary N) is 1. The van der Waals surface area contributed by atoms with Gasteiger partial charge in [0.15, 0.2) is 5.82 Å². The molecule has 2 rings (SSSR count). The van der Waals surface area contributed by atoms with Gasteiger partial charge < -0.3 is 10.1 Å². The lowest BCUT2D eigenvalue weighted by Crippen LogP contribution is -2.24. The first kappa shape index (κ1) is 12.3. The summed E-state index contributed by atoms with van der Waals surface area (Å²) >= 11 is 0. The lowest BCUT2D eigenvalue weighted by molar-refractivity contribution is 0.00927. The summed E-state index contributed by atoms with van der Waals surface area (Å²) in [5.74, 6) is 1.71. The van der Waals surface area contributed by atoms with Gasteiger partial charge in [-0.2, -0.15) is 0 Å². The maximum atomic E-state index is 5.81. The van der Waals surface area contributed by atoms with Gasteiger partial charge in [0.2, 0.25) is 0 Å². The van der Waals surface area contributed by atoms with Crippen molar-refractivity contribution in [3.8, 4) is 0 Å². The van der Waals surface area contributed by atoms with Gasteiger partial charge in [0.1, 0.15) is 11.4 Å². The molecular formula is C13H21N3O. The molecule has 1 aliphatic heterocycles. The van der Waals surface area contributed by atoms with Gasteiger partial charge >= 0.3 is 0 Å². The Hall–Kier alpha value is -1.16. The van der Waals surface area contributed by atoms with Gasteiger partial charge in [-0.3, -0.25) is 0 Å². The number of nitrogens with zero attached hydrogens (tertiary/aromatic N) is 2. The van der Waals surface area contributed by atoms with Crippen molar-refractivity contribution in [1.82, 2.24) is 9.97 Å². The maximum absolute atomic E-state index is 5.81. The highest BCUT2D eigenvalue weighted by Crippen LogP contribution is 2.34. The molecule has 4 nitrogen and oxygen atoms in total. The molecule has 2 heterocycles. The summed E-state index contributed by atoms with van der Waals surface area (Å²) in [6, 6.07) is 2.02. The normalized spacial score (nSPS) is 23.9. The van der Waals surface area contributed by atoms with Gasteiger partial charge in [0.05, 0.1) is 0 Å². The van der Waals surface area contributed by atoms with Crippen molar-refractivity contribution in [2.24, 2.45) is 0 Å². The average Bonchev–Trinajstić information content (AvgIpc) is 2.77. The van der Waals surface area contributed by atoms with E-state index in [4.69, 9.17) is 4.74 Å². The van der Waals surface area contributed by atoms with Gasteiger partial charge in [-0.1, -0.05) is 13.3 Å². The van der Waals surface area contributed by atoms with Crippen molar-refractivity contribution in [3.63, 3.8) is 0 Å².